The number of rotatable bonds is 4. The van der Waals surface area contributed by atoms with E-state index in [1.54, 1.807) is 0 Å². The molecule has 0 spiro atoms. The fourth-order valence-corrected chi connectivity index (χ4v) is 4.50. The first-order chi connectivity index (χ1) is 12.9. The van der Waals surface area contributed by atoms with Crippen molar-refractivity contribution in [1.82, 2.24) is 0 Å². The number of hydrogen-bond acceptors (Lipinski definition) is 1. The van der Waals surface area contributed by atoms with Crippen LogP contribution in [0.3, 0.4) is 0 Å². The van der Waals surface area contributed by atoms with E-state index in [0.717, 1.165) is 12.3 Å². The van der Waals surface area contributed by atoms with Crippen molar-refractivity contribution in [2.24, 2.45) is 4.99 Å². The van der Waals surface area contributed by atoms with Crippen LogP contribution in [0.2, 0.25) is 0 Å². The van der Waals surface area contributed by atoms with Crippen molar-refractivity contribution in [2.75, 3.05) is 6.54 Å². The molecular formula is C25H23N. The summed E-state index contributed by atoms with van der Waals surface area (Å²) in [5, 5.41) is 6.79. The Morgan fingerprint density at radius 3 is 2.65 bits per heavy atom. The molecule has 0 saturated carbocycles. The Kier molecular flexibility index (Phi) is 3.74. The molecule has 26 heavy (non-hydrogen) atoms. The zero-order valence-electron chi connectivity index (χ0n) is 15.2. The molecule has 0 saturated heterocycles. The van der Waals surface area contributed by atoms with Gasteiger partial charge in [0.05, 0.1) is 5.71 Å². The van der Waals surface area contributed by atoms with E-state index in [1.165, 1.54) is 57.2 Å². The molecule has 128 valence electrons. The predicted molar refractivity (Wildman–Crippen MR) is 113 cm³/mol. The quantitative estimate of drug-likeness (QED) is 0.542. The average Bonchev–Trinajstić information content (AvgIpc) is 2.69. The number of allylic oxidation sites excluding steroid dienone is 4. The van der Waals surface area contributed by atoms with Gasteiger partial charge in [-0.1, -0.05) is 80.5 Å². The maximum Gasteiger partial charge on any atom is 0.0653 e. The highest BCUT2D eigenvalue weighted by Gasteiger charge is 2.25. The summed E-state index contributed by atoms with van der Waals surface area (Å²) in [6, 6.07) is 13.4. The van der Waals surface area contributed by atoms with Crippen LogP contribution >= 0.6 is 0 Å². The third-order valence-corrected chi connectivity index (χ3v) is 5.70. The Morgan fingerprint density at radius 1 is 0.962 bits per heavy atom. The van der Waals surface area contributed by atoms with Crippen molar-refractivity contribution in [1.29, 1.82) is 0 Å². The van der Waals surface area contributed by atoms with E-state index in [2.05, 4.69) is 73.7 Å². The number of aliphatic imine (C=N–C) groups is 1. The van der Waals surface area contributed by atoms with Crippen molar-refractivity contribution in [2.45, 2.75) is 32.1 Å². The number of unbranched alkanes of at least 4 members (excludes halogenated alkanes) is 2. The van der Waals surface area contributed by atoms with Gasteiger partial charge in [0, 0.05) is 18.0 Å². The van der Waals surface area contributed by atoms with Crippen LogP contribution < -0.4 is 5.22 Å². The molecule has 1 unspecified atom stereocenters. The third kappa shape index (κ3) is 2.27. The van der Waals surface area contributed by atoms with Gasteiger partial charge in [-0.05, 0) is 44.8 Å². The van der Waals surface area contributed by atoms with Crippen molar-refractivity contribution in [3.8, 4) is 0 Å². The summed E-state index contributed by atoms with van der Waals surface area (Å²) in [6.07, 6.45) is 15.0. The highest BCUT2D eigenvalue weighted by molar-refractivity contribution is 6.24. The van der Waals surface area contributed by atoms with Crippen molar-refractivity contribution in [3.63, 3.8) is 0 Å². The topological polar surface area (TPSA) is 12.4 Å². The lowest BCUT2D eigenvalue weighted by Gasteiger charge is -2.26. The van der Waals surface area contributed by atoms with Crippen LogP contribution in [0.5, 0.6) is 0 Å². The monoisotopic (exact) mass is 337 g/mol. The van der Waals surface area contributed by atoms with E-state index in [9.17, 15) is 0 Å². The van der Waals surface area contributed by atoms with E-state index in [-0.39, 0.29) is 0 Å². The number of nitrogens with zero attached hydrogens (tertiary/aromatic N) is 1. The molecule has 3 aromatic carbocycles. The third-order valence-electron chi connectivity index (χ3n) is 5.70. The fourth-order valence-electron chi connectivity index (χ4n) is 4.50. The standard InChI is InChI=1S/C25H23N/c1-2-3-4-16-26-22-15-14-18-10-6-12-20-19-11-5-8-17-9-7-13-21(23(17)19)25(22)24(18)20/h5-15,18H,2-4,16H2,1H3. The van der Waals surface area contributed by atoms with Crippen LogP contribution in [0.15, 0.2) is 65.7 Å². The second-order valence-corrected chi connectivity index (χ2v) is 7.32. The molecule has 5 rings (SSSR count). The zero-order chi connectivity index (χ0) is 17.5. The number of hydrogen-bond donors (Lipinski definition) is 0. The lowest BCUT2D eigenvalue weighted by atomic mass is 9.78. The van der Waals surface area contributed by atoms with Gasteiger partial charge in [-0.2, -0.15) is 0 Å². The summed E-state index contributed by atoms with van der Waals surface area (Å²) in [5.74, 6) is 0.364. The van der Waals surface area contributed by atoms with Crippen LogP contribution in [0.4, 0.5) is 0 Å². The first kappa shape index (κ1) is 15.6. The molecule has 0 amide bonds. The van der Waals surface area contributed by atoms with Crippen molar-refractivity contribution < 1.29 is 0 Å². The minimum atomic E-state index is 0.364. The highest BCUT2D eigenvalue weighted by Crippen LogP contribution is 2.36. The molecule has 2 aliphatic rings. The predicted octanol–water partition coefficient (Wildman–Crippen LogP) is 5.69. The molecule has 0 heterocycles. The fraction of sp³-hybridized carbons (Fsp3) is 0.240. The minimum Gasteiger partial charge on any atom is -0.285 e. The molecular weight excluding hydrogens is 314 g/mol. The van der Waals surface area contributed by atoms with Gasteiger partial charge >= 0.3 is 0 Å². The lowest BCUT2D eigenvalue weighted by molar-refractivity contribution is 0.728. The van der Waals surface area contributed by atoms with Gasteiger partial charge in [0.2, 0.25) is 0 Å². The van der Waals surface area contributed by atoms with Gasteiger partial charge in [0.1, 0.15) is 0 Å². The largest absolute Gasteiger partial charge is 0.285 e. The van der Waals surface area contributed by atoms with Gasteiger partial charge in [-0.25, -0.2) is 0 Å². The smallest absolute Gasteiger partial charge is 0.0653 e. The van der Waals surface area contributed by atoms with Crippen molar-refractivity contribution in [3.05, 3.63) is 77.0 Å². The molecule has 3 aromatic rings. The Bertz CT molecular complexity index is 1140. The Labute approximate surface area is 154 Å². The second-order valence-electron chi connectivity index (χ2n) is 7.32. The molecule has 0 radical (unpaired) electrons. The number of fused-ring (bicyclic) bond motifs is 2. The normalized spacial score (nSPS) is 19.3. The summed E-state index contributed by atoms with van der Waals surface area (Å²) in [6.45, 7) is 3.16. The Hall–Kier alpha value is -2.67. The summed E-state index contributed by atoms with van der Waals surface area (Å²) in [5.41, 5.74) is 3.96. The molecule has 0 fully saturated rings. The molecule has 0 N–H and O–H groups in total. The van der Waals surface area contributed by atoms with E-state index in [4.69, 9.17) is 4.99 Å². The summed E-state index contributed by atoms with van der Waals surface area (Å²) in [4.78, 5) is 5.01. The maximum atomic E-state index is 5.01. The SMILES string of the molecule is CCCCCN=C1C=CC2C=CC=c3c2c1c1cccc2cccc3c21. The van der Waals surface area contributed by atoms with Crippen LogP contribution in [-0.2, 0) is 0 Å². The van der Waals surface area contributed by atoms with Gasteiger partial charge in [-0.3, -0.25) is 4.99 Å². The van der Waals surface area contributed by atoms with Gasteiger partial charge in [-0.15, -0.1) is 0 Å². The molecule has 1 nitrogen and oxygen atoms in total. The highest BCUT2D eigenvalue weighted by atomic mass is 14.7. The molecule has 0 aromatic heterocycles. The summed E-state index contributed by atoms with van der Waals surface area (Å²) < 4.78 is 0. The Morgan fingerprint density at radius 2 is 1.81 bits per heavy atom. The minimum absolute atomic E-state index is 0.364. The van der Waals surface area contributed by atoms with Gasteiger partial charge < -0.3 is 0 Å². The molecule has 2 aliphatic carbocycles. The Balaban J connectivity index is 1.84. The molecule has 1 heteroatoms. The van der Waals surface area contributed by atoms with Gasteiger partial charge in [0.15, 0.2) is 0 Å². The maximum absolute atomic E-state index is 5.01. The van der Waals surface area contributed by atoms with E-state index < -0.39 is 0 Å². The van der Waals surface area contributed by atoms with E-state index in [0.29, 0.717) is 5.92 Å². The van der Waals surface area contributed by atoms with E-state index >= 15 is 0 Å². The average molecular weight is 337 g/mol. The summed E-state index contributed by atoms with van der Waals surface area (Å²) in [7, 11) is 0. The lowest BCUT2D eigenvalue weighted by Crippen LogP contribution is -2.24. The molecule has 0 bridgehead atoms. The van der Waals surface area contributed by atoms with Gasteiger partial charge in [0.25, 0.3) is 0 Å². The summed E-state index contributed by atoms with van der Waals surface area (Å²) >= 11 is 0. The zero-order valence-corrected chi connectivity index (χ0v) is 15.2. The van der Waals surface area contributed by atoms with Crippen LogP contribution in [-0.4, -0.2) is 12.3 Å². The van der Waals surface area contributed by atoms with E-state index in [1.807, 2.05) is 0 Å². The molecule has 0 aliphatic heterocycles. The second kappa shape index (κ2) is 6.25. The number of benzene rings is 3. The van der Waals surface area contributed by atoms with Crippen LogP contribution in [0.1, 0.15) is 43.2 Å². The first-order valence-electron chi connectivity index (χ1n) is 9.77. The first-order valence-corrected chi connectivity index (χ1v) is 9.77. The molecule has 1 atom stereocenters. The van der Waals surface area contributed by atoms with Crippen LogP contribution in [0.25, 0.3) is 27.6 Å². The van der Waals surface area contributed by atoms with Crippen molar-refractivity contribution >= 4 is 33.3 Å². The van der Waals surface area contributed by atoms with Crippen LogP contribution in [0, 0.1) is 0 Å².